The third kappa shape index (κ3) is 6.15. The molecule has 4 rings (SSSR count). The Morgan fingerprint density at radius 2 is 1.49 bits per heavy atom. The summed E-state index contributed by atoms with van der Waals surface area (Å²) < 4.78 is 6.19. The number of aryl methyl sites for hydroxylation is 2. The summed E-state index contributed by atoms with van der Waals surface area (Å²) in [4.78, 5) is 39.9. The van der Waals surface area contributed by atoms with Crippen molar-refractivity contribution in [2.24, 2.45) is 0 Å². The van der Waals surface area contributed by atoms with E-state index in [1.807, 2.05) is 43.0 Å². The molecule has 0 spiro atoms. The quantitative estimate of drug-likeness (QED) is 0.512. The first-order chi connectivity index (χ1) is 16.9. The third-order valence-electron chi connectivity index (χ3n) is 6.13. The van der Waals surface area contributed by atoms with Gasteiger partial charge in [-0.3, -0.25) is 14.4 Å². The van der Waals surface area contributed by atoms with E-state index in [0.717, 1.165) is 11.1 Å². The molecule has 6 nitrogen and oxygen atoms in total. The first-order valence-corrected chi connectivity index (χ1v) is 11.9. The van der Waals surface area contributed by atoms with Gasteiger partial charge in [0.25, 0.3) is 11.8 Å². The maximum Gasteiger partial charge on any atom is 0.255 e. The van der Waals surface area contributed by atoms with Gasteiger partial charge in [-0.25, -0.2) is 0 Å². The van der Waals surface area contributed by atoms with Crippen LogP contribution in [0.25, 0.3) is 0 Å². The lowest BCUT2D eigenvalue weighted by Crippen LogP contribution is -2.42. The number of hydrogen-bond acceptors (Lipinski definition) is 4. The van der Waals surface area contributed by atoms with E-state index in [4.69, 9.17) is 4.74 Å². The number of ketones is 1. The molecule has 1 fully saturated rings. The van der Waals surface area contributed by atoms with Crippen LogP contribution in [0.2, 0.25) is 0 Å². The largest absolute Gasteiger partial charge is 0.489 e. The zero-order valence-electron chi connectivity index (χ0n) is 20.1. The molecule has 2 amide bonds. The lowest BCUT2D eigenvalue weighted by Gasteiger charge is -2.32. The van der Waals surface area contributed by atoms with Gasteiger partial charge in [0, 0.05) is 37.1 Å². The minimum atomic E-state index is -0.354. The predicted octanol–water partition coefficient (Wildman–Crippen LogP) is 4.60. The van der Waals surface area contributed by atoms with E-state index in [0.29, 0.717) is 48.4 Å². The second kappa shape index (κ2) is 11.0. The molecule has 1 saturated heterocycles. The molecule has 3 aromatic rings. The first-order valence-electron chi connectivity index (χ1n) is 11.9. The lowest BCUT2D eigenvalue weighted by molar-refractivity contribution is 0.0593. The van der Waals surface area contributed by atoms with Gasteiger partial charge in [0.1, 0.15) is 11.9 Å². The van der Waals surface area contributed by atoms with Crippen molar-refractivity contribution in [1.29, 1.82) is 0 Å². The number of benzene rings is 3. The molecular weight excluding hydrogens is 440 g/mol. The molecule has 1 aliphatic heterocycles. The second-order valence-electron chi connectivity index (χ2n) is 8.95. The summed E-state index contributed by atoms with van der Waals surface area (Å²) >= 11 is 0. The highest BCUT2D eigenvalue weighted by Gasteiger charge is 2.26. The number of rotatable bonds is 7. The van der Waals surface area contributed by atoms with Crippen LogP contribution >= 0.6 is 0 Å². The number of para-hydroxylation sites is 1. The Bertz CT molecular complexity index is 1190. The fourth-order valence-corrected chi connectivity index (χ4v) is 4.38. The average Bonchev–Trinajstić information content (AvgIpc) is 2.87. The minimum Gasteiger partial charge on any atom is -0.489 e. The maximum atomic E-state index is 12.9. The Morgan fingerprint density at radius 3 is 2.17 bits per heavy atom. The van der Waals surface area contributed by atoms with Crippen molar-refractivity contribution in [3.05, 3.63) is 101 Å². The lowest BCUT2D eigenvalue weighted by atomic mass is 10.0. The van der Waals surface area contributed by atoms with Crippen LogP contribution < -0.4 is 10.1 Å². The van der Waals surface area contributed by atoms with Crippen molar-refractivity contribution in [1.82, 2.24) is 10.2 Å². The number of carbonyl (C=O) groups is 3. The number of Topliss-reactive ketones (excluding diaryl/α,β-unsaturated/α-hetero) is 1. The minimum absolute atomic E-state index is 0.0399. The molecule has 180 valence electrons. The van der Waals surface area contributed by atoms with Crippen molar-refractivity contribution in [3.8, 4) is 5.75 Å². The SMILES string of the molecule is Cc1cc(C)cc(C(=O)N2CCC(Oc3ccccc3C(=O)NCC(=O)c3ccccc3)CC2)c1. The first kappa shape index (κ1) is 24.2. The number of hydrogen-bond donors (Lipinski definition) is 1. The smallest absolute Gasteiger partial charge is 0.255 e. The van der Waals surface area contributed by atoms with E-state index in [1.165, 1.54) is 0 Å². The van der Waals surface area contributed by atoms with E-state index >= 15 is 0 Å². The third-order valence-corrected chi connectivity index (χ3v) is 6.13. The molecule has 6 heteroatoms. The summed E-state index contributed by atoms with van der Waals surface area (Å²) in [5, 5.41) is 2.70. The van der Waals surface area contributed by atoms with Gasteiger partial charge in [-0.15, -0.1) is 0 Å². The standard InChI is InChI=1S/C29H30N2O4/c1-20-16-21(2)18-23(17-20)29(34)31-14-12-24(13-15-31)35-27-11-7-6-10-25(27)28(33)30-19-26(32)22-8-4-3-5-9-22/h3-11,16-18,24H,12-15,19H2,1-2H3,(H,30,33). The summed E-state index contributed by atoms with van der Waals surface area (Å²) in [5.74, 6) is 0.0138. The molecule has 0 bridgehead atoms. The Kier molecular flexibility index (Phi) is 7.60. The molecule has 0 aromatic heterocycles. The zero-order chi connectivity index (χ0) is 24.8. The molecular formula is C29H30N2O4. The van der Waals surface area contributed by atoms with Crippen molar-refractivity contribution < 1.29 is 19.1 Å². The monoisotopic (exact) mass is 470 g/mol. The number of piperidine rings is 1. The van der Waals surface area contributed by atoms with E-state index in [9.17, 15) is 14.4 Å². The molecule has 0 saturated carbocycles. The predicted molar refractivity (Wildman–Crippen MR) is 135 cm³/mol. The van der Waals surface area contributed by atoms with Crippen LogP contribution in [-0.4, -0.2) is 48.2 Å². The zero-order valence-corrected chi connectivity index (χ0v) is 20.1. The van der Waals surface area contributed by atoms with Crippen molar-refractivity contribution >= 4 is 17.6 Å². The van der Waals surface area contributed by atoms with Gasteiger partial charge < -0.3 is 15.0 Å². The molecule has 0 radical (unpaired) electrons. The Balaban J connectivity index is 1.34. The molecule has 0 aliphatic carbocycles. The molecule has 3 aromatic carbocycles. The Labute approximate surface area is 205 Å². The van der Waals surface area contributed by atoms with Crippen LogP contribution in [0, 0.1) is 13.8 Å². The molecule has 0 unspecified atom stereocenters. The number of ether oxygens (including phenoxy) is 1. The van der Waals surface area contributed by atoms with Gasteiger partial charge >= 0.3 is 0 Å². The molecule has 1 heterocycles. The van der Waals surface area contributed by atoms with Gasteiger partial charge in [-0.1, -0.05) is 59.7 Å². The van der Waals surface area contributed by atoms with Crippen molar-refractivity contribution in [2.75, 3.05) is 19.6 Å². The summed E-state index contributed by atoms with van der Waals surface area (Å²) in [5.41, 5.74) is 3.81. The number of carbonyl (C=O) groups excluding carboxylic acids is 3. The van der Waals surface area contributed by atoms with E-state index in [2.05, 4.69) is 11.4 Å². The summed E-state index contributed by atoms with van der Waals surface area (Å²) in [6.07, 6.45) is 1.26. The van der Waals surface area contributed by atoms with Crippen LogP contribution in [0.5, 0.6) is 5.75 Å². The van der Waals surface area contributed by atoms with Crippen LogP contribution in [-0.2, 0) is 0 Å². The highest BCUT2D eigenvalue weighted by atomic mass is 16.5. The topological polar surface area (TPSA) is 75.7 Å². The van der Waals surface area contributed by atoms with E-state index in [1.54, 1.807) is 42.5 Å². The Morgan fingerprint density at radius 1 is 0.857 bits per heavy atom. The number of nitrogens with zero attached hydrogens (tertiary/aromatic N) is 1. The van der Waals surface area contributed by atoms with Crippen LogP contribution in [0.15, 0.2) is 72.8 Å². The Hall–Kier alpha value is -3.93. The van der Waals surface area contributed by atoms with Gasteiger partial charge in [0.15, 0.2) is 5.78 Å². The highest BCUT2D eigenvalue weighted by molar-refractivity contribution is 6.03. The van der Waals surface area contributed by atoms with Gasteiger partial charge in [0.2, 0.25) is 0 Å². The second-order valence-corrected chi connectivity index (χ2v) is 8.95. The fourth-order valence-electron chi connectivity index (χ4n) is 4.38. The molecule has 0 atom stereocenters. The summed E-state index contributed by atoms with van der Waals surface area (Å²) in [7, 11) is 0. The normalized spacial score (nSPS) is 13.8. The number of likely N-dealkylation sites (tertiary alicyclic amines) is 1. The van der Waals surface area contributed by atoms with Crippen LogP contribution in [0.1, 0.15) is 55.0 Å². The van der Waals surface area contributed by atoms with E-state index in [-0.39, 0.29) is 30.2 Å². The maximum absolute atomic E-state index is 12.9. The van der Waals surface area contributed by atoms with Crippen molar-refractivity contribution in [2.45, 2.75) is 32.8 Å². The highest BCUT2D eigenvalue weighted by Crippen LogP contribution is 2.24. The fraction of sp³-hybridized carbons (Fsp3) is 0.276. The van der Waals surface area contributed by atoms with Crippen molar-refractivity contribution in [3.63, 3.8) is 0 Å². The molecule has 1 N–H and O–H groups in total. The van der Waals surface area contributed by atoms with E-state index < -0.39 is 0 Å². The summed E-state index contributed by atoms with van der Waals surface area (Å²) in [6.45, 7) is 5.09. The van der Waals surface area contributed by atoms with Gasteiger partial charge in [-0.2, -0.15) is 0 Å². The molecule has 1 aliphatic rings. The number of amides is 2. The average molecular weight is 471 g/mol. The molecule has 35 heavy (non-hydrogen) atoms. The van der Waals surface area contributed by atoms with Gasteiger partial charge in [-0.05, 0) is 38.1 Å². The van der Waals surface area contributed by atoms with Gasteiger partial charge in [0.05, 0.1) is 12.1 Å². The van der Waals surface area contributed by atoms with Crippen LogP contribution in [0.4, 0.5) is 0 Å². The van der Waals surface area contributed by atoms with Crippen LogP contribution in [0.3, 0.4) is 0 Å². The summed E-state index contributed by atoms with van der Waals surface area (Å²) in [6, 6.07) is 21.8. The number of nitrogens with one attached hydrogen (secondary N) is 1.